The van der Waals surface area contributed by atoms with Gasteiger partial charge in [-0.3, -0.25) is 0 Å². The zero-order chi connectivity index (χ0) is 12.2. The van der Waals surface area contributed by atoms with E-state index in [0.717, 1.165) is 31.0 Å². The first-order valence-electron chi connectivity index (χ1n) is 7.51. The Kier molecular flexibility index (Phi) is 2.35. The van der Waals surface area contributed by atoms with Crippen molar-refractivity contribution in [3.63, 3.8) is 0 Å². The molecule has 4 rings (SSSR count). The molecule has 0 amide bonds. The Bertz CT molecular complexity index is 424. The maximum absolute atomic E-state index is 4.49. The molecule has 1 unspecified atom stereocenters. The summed E-state index contributed by atoms with van der Waals surface area (Å²) in [7, 11) is 0. The maximum atomic E-state index is 4.49. The summed E-state index contributed by atoms with van der Waals surface area (Å²) >= 11 is 0. The van der Waals surface area contributed by atoms with Gasteiger partial charge >= 0.3 is 0 Å². The molecule has 0 radical (unpaired) electrons. The molecular weight excluding hydrogens is 222 g/mol. The molecule has 0 spiro atoms. The van der Waals surface area contributed by atoms with Crippen LogP contribution in [0.5, 0.6) is 0 Å². The van der Waals surface area contributed by atoms with Crippen LogP contribution in [0.3, 0.4) is 0 Å². The van der Waals surface area contributed by atoms with E-state index >= 15 is 0 Å². The van der Waals surface area contributed by atoms with Gasteiger partial charge in [0.1, 0.15) is 0 Å². The number of nitrogens with one attached hydrogen (secondary N) is 1. The zero-order valence-corrected chi connectivity index (χ0v) is 11.2. The number of imidazole rings is 1. The van der Waals surface area contributed by atoms with E-state index in [9.17, 15) is 0 Å². The van der Waals surface area contributed by atoms with Gasteiger partial charge < -0.3 is 9.88 Å². The first-order chi connectivity index (χ1) is 8.78. The normalized spacial score (nSPS) is 32.3. The molecule has 1 saturated heterocycles. The van der Waals surface area contributed by atoms with Crippen molar-refractivity contribution >= 4 is 0 Å². The fourth-order valence-electron chi connectivity index (χ4n) is 3.76. The number of nitrogens with zero attached hydrogens (tertiary/aromatic N) is 2. The summed E-state index contributed by atoms with van der Waals surface area (Å²) in [6, 6.07) is 0.764. The van der Waals surface area contributed by atoms with Crippen LogP contribution in [0.25, 0.3) is 0 Å². The Morgan fingerprint density at radius 1 is 1.33 bits per heavy atom. The third kappa shape index (κ3) is 1.71. The van der Waals surface area contributed by atoms with Crippen LogP contribution in [0.15, 0.2) is 12.5 Å². The minimum Gasteiger partial charge on any atom is -0.330 e. The molecule has 0 aromatic carbocycles. The molecule has 2 heterocycles. The minimum atomic E-state index is 0.304. The highest BCUT2D eigenvalue weighted by Gasteiger charge is 2.45. The lowest BCUT2D eigenvalue weighted by Gasteiger charge is -2.29. The summed E-state index contributed by atoms with van der Waals surface area (Å²) in [5, 5.41) is 3.52. The molecule has 1 aromatic heterocycles. The van der Waals surface area contributed by atoms with Gasteiger partial charge in [-0.25, -0.2) is 4.98 Å². The van der Waals surface area contributed by atoms with E-state index in [4.69, 9.17) is 0 Å². The van der Waals surface area contributed by atoms with E-state index in [1.807, 2.05) is 0 Å². The average molecular weight is 245 g/mol. The number of hydrogen-bond donors (Lipinski definition) is 1. The third-order valence-corrected chi connectivity index (χ3v) is 5.18. The second-order valence-electron chi connectivity index (χ2n) is 6.84. The van der Waals surface area contributed by atoms with Crippen molar-refractivity contribution < 1.29 is 0 Å². The van der Waals surface area contributed by atoms with Crippen LogP contribution >= 0.6 is 0 Å². The highest BCUT2D eigenvalue weighted by atomic mass is 15.1. The number of aromatic nitrogens is 2. The van der Waals surface area contributed by atoms with Gasteiger partial charge in [0.15, 0.2) is 0 Å². The lowest BCUT2D eigenvalue weighted by atomic mass is 9.85. The van der Waals surface area contributed by atoms with Gasteiger partial charge in [-0.05, 0) is 50.5 Å². The minimum absolute atomic E-state index is 0.304. The fraction of sp³-hybridized carbons (Fsp3) is 0.800. The molecule has 2 aliphatic carbocycles. The summed E-state index contributed by atoms with van der Waals surface area (Å²) in [5.41, 5.74) is 1.79. The van der Waals surface area contributed by atoms with Crippen LogP contribution < -0.4 is 5.32 Å². The van der Waals surface area contributed by atoms with Crippen molar-refractivity contribution in [2.75, 3.05) is 13.1 Å². The molecule has 98 valence electrons. The van der Waals surface area contributed by atoms with Gasteiger partial charge in [-0.1, -0.05) is 6.92 Å². The zero-order valence-electron chi connectivity index (χ0n) is 11.2. The molecule has 1 aromatic rings. The van der Waals surface area contributed by atoms with Gasteiger partial charge in [0.25, 0.3) is 0 Å². The summed E-state index contributed by atoms with van der Waals surface area (Å²) < 4.78 is 2.56. The first kappa shape index (κ1) is 11.0. The fourth-order valence-corrected chi connectivity index (χ4v) is 3.76. The highest BCUT2D eigenvalue weighted by molar-refractivity contribution is 5.19. The number of hydrogen-bond acceptors (Lipinski definition) is 2. The summed E-state index contributed by atoms with van der Waals surface area (Å²) in [6.07, 6.45) is 11.2. The van der Waals surface area contributed by atoms with Crippen molar-refractivity contribution in [3.05, 3.63) is 18.2 Å². The third-order valence-electron chi connectivity index (χ3n) is 5.18. The van der Waals surface area contributed by atoms with Crippen LogP contribution in [0.4, 0.5) is 0 Å². The Morgan fingerprint density at radius 3 is 2.61 bits per heavy atom. The van der Waals surface area contributed by atoms with Crippen LogP contribution in [-0.2, 0) is 5.41 Å². The molecule has 1 N–H and O–H groups in total. The standard InChI is InChI=1S/C15H23N3/c1-15(6-7-16-9-15)13-8-17-10-18(13)14(11-2-3-11)12-4-5-12/h8,10-12,14,16H,2-7,9H2,1H3. The highest BCUT2D eigenvalue weighted by Crippen LogP contribution is 2.53. The van der Waals surface area contributed by atoms with Crippen LogP contribution in [0.2, 0.25) is 0 Å². The van der Waals surface area contributed by atoms with Crippen LogP contribution in [0, 0.1) is 11.8 Å². The molecule has 3 fully saturated rings. The van der Waals surface area contributed by atoms with E-state index in [-0.39, 0.29) is 0 Å². The monoisotopic (exact) mass is 245 g/mol. The van der Waals surface area contributed by atoms with Gasteiger partial charge in [-0.2, -0.15) is 0 Å². The van der Waals surface area contributed by atoms with E-state index in [0.29, 0.717) is 5.41 Å². The Morgan fingerprint density at radius 2 is 2.06 bits per heavy atom. The second-order valence-corrected chi connectivity index (χ2v) is 6.84. The molecule has 3 aliphatic rings. The van der Waals surface area contributed by atoms with Crippen molar-refractivity contribution in [3.8, 4) is 0 Å². The van der Waals surface area contributed by atoms with Crippen LogP contribution in [-0.4, -0.2) is 22.6 Å². The molecule has 18 heavy (non-hydrogen) atoms. The van der Waals surface area contributed by atoms with Crippen molar-refractivity contribution in [1.29, 1.82) is 0 Å². The molecule has 0 bridgehead atoms. The van der Waals surface area contributed by atoms with E-state index < -0.39 is 0 Å². The Labute approximate surface area is 109 Å². The van der Waals surface area contributed by atoms with Crippen molar-refractivity contribution in [2.45, 2.75) is 50.5 Å². The Hall–Kier alpha value is -0.830. The largest absolute Gasteiger partial charge is 0.330 e. The van der Waals surface area contributed by atoms with Crippen molar-refractivity contribution in [1.82, 2.24) is 14.9 Å². The lowest BCUT2D eigenvalue weighted by molar-refractivity contribution is 0.356. The topological polar surface area (TPSA) is 29.9 Å². The van der Waals surface area contributed by atoms with E-state index in [1.165, 1.54) is 37.8 Å². The van der Waals surface area contributed by atoms with E-state index in [2.05, 4.69) is 34.3 Å². The SMILES string of the molecule is CC1(c2cncn2C(C2CC2)C2CC2)CCNC1. The molecule has 1 aliphatic heterocycles. The number of rotatable bonds is 4. The smallest absolute Gasteiger partial charge is 0.0951 e. The second kappa shape index (κ2) is 3.83. The molecular formula is C15H23N3. The van der Waals surface area contributed by atoms with Gasteiger partial charge in [-0.15, -0.1) is 0 Å². The van der Waals surface area contributed by atoms with Gasteiger partial charge in [0, 0.05) is 29.9 Å². The summed E-state index contributed by atoms with van der Waals surface area (Å²) in [6.45, 7) is 4.66. The van der Waals surface area contributed by atoms with Gasteiger partial charge in [0.05, 0.1) is 6.33 Å². The molecule has 3 nitrogen and oxygen atoms in total. The van der Waals surface area contributed by atoms with Gasteiger partial charge in [0.2, 0.25) is 0 Å². The Balaban J connectivity index is 1.70. The lowest BCUT2D eigenvalue weighted by Crippen LogP contribution is -2.30. The molecule has 1 atom stereocenters. The maximum Gasteiger partial charge on any atom is 0.0951 e. The van der Waals surface area contributed by atoms with Crippen molar-refractivity contribution in [2.24, 2.45) is 11.8 Å². The van der Waals surface area contributed by atoms with Crippen LogP contribution in [0.1, 0.15) is 50.8 Å². The van der Waals surface area contributed by atoms with E-state index in [1.54, 1.807) is 0 Å². The first-order valence-corrected chi connectivity index (χ1v) is 7.51. The molecule has 2 saturated carbocycles. The summed E-state index contributed by atoms with van der Waals surface area (Å²) in [4.78, 5) is 4.49. The average Bonchev–Trinajstić information content (AvgIpc) is 3.26. The predicted octanol–water partition coefficient (Wildman–Crippen LogP) is 2.50. The quantitative estimate of drug-likeness (QED) is 0.883. The predicted molar refractivity (Wildman–Crippen MR) is 71.6 cm³/mol. The molecule has 3 heteroatoms. The summed E-state index contributed by atoms with van der Waals surface area (Å²) in [5.74, 6) is 1.90.